The summed E-state index contributed by atoms with van der Waals surface area (Å²) in [6, 6.07) is 4.67. The van der Waals surface area contributed by atoms with E-state index in [-0.39, 0.29) is 49.5 Å². The van der Waals surface area contributed by atoms with E-state index in [1.807, 2.05) is 13.8 Å². The van der Waals surface area contributed by atoms with Gasteiger partial charge >= 0.3 is 0 Å². The van der Waals surface area contributed by atoms with Crippen LogP contribution in [0, 0.1) is 11.8 Å². The zero-order chi connectivity index (χ0) is 30.2. The van der Waals surface area contributed by atoms with Gasteiger partial charge in [0.1, 0.15) is 5.75 Å². The molecule has 1 aliphatic carbocycles. The lowest BCUT2D eigenvalue weighted by atomic mass is 9.88. The second-order valence-corrected chi connectivity index (χ2v) is 14.0. The van der Waals surface area contributed by atoms with Gasteiger partial charge in [0, 0.05) is 44.3 Å². The fourth-order valence-electron chi connectivity index (χ4n) is 5.46. The van der Waals surface area contributed by atoms with Gasteiger partial charge in [-0.1, -0.05) is 26.2 Å². The molecule has 1 fully saturated rings. The normalized spacial score (nSPS) is 24.7. The maximum atomic E-state index is 14.2. The van der Waals surface area contributed by atoms with Crippen LogP contribution in [0.2, 0.25) is 0 Å². The molecule has 10 nitrogen and oxygen atoms in total. The Morgan fingerprint density at radius 3 is 2.49 bits per heavy atom. The van der Waals surface area contributed by atoms with E-state index < -0.39 is 22.2 Å². The summed E-state index contributed by atoms with van der Waals surface area (Å²) in [7, 11) is -1.90. The number of nitrogens with one attached hydrogen (secondary N) is 1. The van der Waals surface area contributed by atoms with Gasteiger partial charge in [-0.2, -0.15) is 0 Å². The molecule has 0 radical (unpaired) electrons. The monoisotopic (exact) mass is 595 g/mol. The number of hydrogen-bond donors (Lipinski definition) is 2. The maximum Gasteiger partial charge on any atom is 0.258 e. The highest BCUT2D eigenvalue weighted by Gasteiger charge is 2.31. The molecule has 41 heavy (non-hydrogen) atoms. The van der Waals surface area contributed by atoms with Gasteiger partial charge in [-0.15, -0.1) is 0 Å². The van der Waals surface area contributed by atoms with Crippen molar-refractivity contribution in [3.05, 3.63) is 23.8 Å². The SMILES string of the molecule is C[C@@H]1CCCCO[C@H](CN(C)S(C)(=O)=O)[C@H](C)CN([C@@H](C)CO)C(=O)c2cc(NC(=O)C3CCCCC3)ccc2O1. The van der Waals surface area contributed by atoms with Gasteiger partial charge in [0.15, 0.2) is 0 Å². The number of carbonyl (C=O) groups is 2. The first-order valence-electron chi connectivity index (χ1n) is 15.0. The molecular formula is C30H49N3O7S. The van der Waals surface area contributed by atoms with Gasteiger partial charge in [-0.25, -0.2) is 12.7 Å². The van der Waals surface area contributed by atoms with Crippen LogP contribution in [-0.2, 0) is 19.6 Å². The largest absolute Gasteiger partial charge is 0.490 e. The number of hydrogen-bond acceptors (Lipinski definition) is 7. The van der Waals surface area contributed by atoms with Crippen LogP contribution >= 0.6 is 0 Å². The van der Waals surface area contributed by atoms with Crippen LogP contribution in [0.5, 0.6) is 5.75 Å². The molecule has 11 heteroatoms. The second-order valence-electron chi connectivity index (χ2n) is 11.9. The van der Waals surface area contributed by atoms with Crippen LogP contribution < -0.4 is 10.1 Å². The number of aliphatic hydroxyl groups is 1. The highest BCUT2D eigenvalue weighted by molar-refractivity contribution is 7.88. The van der Waals surface area contributed by atoms with Crippen LogP contribution in [-0.4, -0.2) is 92.4 Å². The third-order valence-electron chi connectivity index (χ3n) is 8.30. The summed E-state index contributed by atoms with van der Waals surface area (Å²) in [4.78, 5) is 28.7. The molecule has 0 unspecified atom stereocenters. The molecule has 2 N–H and O–H groups in total. The number of amides is 2. The highest BCUT2D eigenvalue weighted by atomic mass is 32.2. The summed E-state index contributed by atoms with van der Waals surface area (Å²) < 4.78 is 38.0. The molecule has 1 aliphatic heterocycles. The second kappa shape index (κ2) is 15.3. The molecule has 4 atom stereocenters. The Hall–Kier alpha value is -2.21. The quantitative estimate of drug-likeness (QED) is 0.490. The Bertz CT molecular complexity index is 1120. The first-order valence-corrected chi connectivity index (χ1v) is 16.8. The lowest BCUT2D eigenvalue weighted by Crippen LogP contribution is -2.47. The van der Waals surface area contributed by atoms with E-state index in [4.69, 9.17) is 9.47 Å². The Morgan fingerprint density at radius 1 is 1.15 bits per heavy atom. The van der Waals surface area contributed by atoms with Crippen molar-refractivity contribution in [2.75, 3.05) is 44.9 Å². The Labute approximate surface area is 245 Å². The van der Waals surface area contributed by atoms with E-state index in [1.54, 1.807) is 30.0 Å². The van der Waals surface area contributed by atoms with Gasteiger partial charge < -0.3 is 24.8 Å². The smallest absolute Gasteiger partial charge is 0.258 e. The van der Waals surface area contributed by atoms with E-state index in [2.05, 4.69) is 5.32 Å². The number of benzene rings is 1. The topological polar surface area (TPSA) is 125 Å². The number of likely N-dealkylation sites (N-methyl/N-ethyl adjacent to an activating group) is 1. The van der Waals surface area contributed by atoms with E-state index in [1.165, 1.54) is 11.4 Å². The average molecular weight is 596 g/mol. The summed E-state index contributed by atoms with van der Waals surface area (Å²) in [5, 5.41) is 13.1. The summed E-state index contributed by atoms with van der Waals surface area (Å²) >= 11 is 0. The van der Waals surface area contributed by atoms with E-state index in [9.17, 15) is 23.1 Å². The Balaban J connectivity index is 1.95. The number of carbonyl (C=O) groups excluding carboxylic acids is 2. The zero-order valence-electron chi connectivity index (χ0n) is 25.3. The fourth-order valence-corrected chi connectivity index (χ4v) is 5.88. The van der Waals surface area contributed by atoms with Crippen LogP contribution in [0.4, 0.5) is 5.69 Å². The molecule has 0 aromatic heterocycles. The summed E-state index contributed by atoms with van der Waals surface area (Å²) in [6.07, 6.45) is 7.90. The first-order chi connectivity index (χ1) is 19.4. The molecule has 1 aromatic carbocycles. The number of sulfonamides is 1. The minimum atomic E-state index is -3.42. The lowest BCUT2D eigenvalue weighted by molar-refractivity contribution is -0.120. The predicted octanol–water partition coefficient (Wildman–Crippen LogP) is 3.89. The van der Waals surface area contributed by atoms with Crippen molar-refractivity contribution < 1.29 is 32.6 Å². The van der Waals surface area contributed by atoms with Crippen molar-refractivity contribution in [1.29, 1.82) is 0 Å². The number of rotatable bonds is 7. The van der Waals surface area contributed by atoms with E-state index in [0.717, 1.165) is 57.6 Å². The molecule has 1 saturated carbocycles. The molecule has 0 spiro atoms. The Kier molecular flexibility index (Phi) is 12.4. The van der Waals surface area contributed by atoms with Gasteiger partial charge in [0.2, 0.25) is 15.9 Å². The van der Waals surface area contributed by atoms with Crippen molar-refractivity contribution in [3.8, 4) is 5.75 Å². The molecule has 2 amide bonds. The number of nitrogens with zero attached hydrogens (tertiary/aromatic N) is 2. The fraction of sp³-hybridized carbons (Fsp3) is 0.733. The van der Waals surface area contributed by atoms with Crippen molar-refractivity contribution in [1.82, 2.24) is 9.21 Å². The third kappa shape index (κ3) is 9.66. The molecule has 1 aromatic rings. The Morgan fingerprint density at radius 2 is 1.83 bits per heavy atom. The minimum absolute atomic E-state index is 0.0295. The summed E-state index contributed by atoms with van der Waals surface area (Å²) in [5.74, 6) is -0.198. The van der Waals surface area contributed by atoms with Gasteiger partial charge in [0.25, 0.3) is 5.91 Å². The van der Waals surface area contributed by atoms with Crippen LogP contribution in [0.3, 0.4) is 0 Å². The van der Waals surface area contributed by atoms with Crippen LogP contribution in [0.15, 0.2) is 18.2 Å². The molecule has 2 aliphatic rings. The lowest BCUT2D eigenvalue weighted by Gasteiger charge is -2.35. The zero-order valence-corrected chi connectivity index (χ0v) is 26.1. The predicted molar refractivity (Wildman–Crippen MR) is 160 cm³/mol. The third-order valence-corrected chi connectivity index (χ3v) is 9.58. The van der Waals surface area contributed by atoms with Crippen LogP contribution in [0.1, 0.15) is 82.5 Å². The summed E-state index contributed by atoms with van der Waals surface area (Å²) in [5.41, 5.74) is 0.847. The molecular weight excluding hydrogens is 546 g/mol. The minimum Gasteiger partial charge on any atom is -0.490 e. The van der Waals surface area contributed by atoms with E-state index in [0.29, 0.717) is 23.6 Å². The molecule has 1 heterocycles. The molecule has 0 bridgehead atoms. The number of anilines is 1. The van der Waals surface area contributed by atoms with Crippen molar-refractivity contribution in [2.24, 2.45) is 11.8 Å². The standard InChI is InChI=1S/C30H49N3O7S/c1-21-18-33(22(2)20-34)30(36)26-17-25(31-29(35)24-12-7-6-8-13-24)14-15-27(26)40-23(3)11-9-10-16-39-28(21)19-32(4)41(5,37)38/h14-15,17,21-24,28,34H,6-13,16,18-20H2,1-5H3,(H,31,35)/t21-,22+,23-,28-/m1/s1. The molecule has 0 saturated heterocycles. The van der Waals surface area contributed by atoms with E-state index >= 15 is 0 Å². The summed E-state index contributed by atoms with van der Waals surface area (Å²) in [6.45, 7) is 6.25. The number of fused-ring (bicyclic) bond motifs is 1. The number of ether oxygens (including phenoxy) is 2. The van der Waals surface area contributed by atoms with Gasteiger partial charge in [-0.3, -0.25) is 9.59 Å². The van der Waals surface area contributed by atoms with Gasteiger partial charge in [-0.05, 0) is 64.2 Å². The average Bonchev–Trinajstić information content (AvgIpc) is 2.94. The first kappa shape index (κ1) is 33.3. The molecule has 232 valence electrons. The van der Waals surface area contributed by atoms with Crippen LogP contribution in [0.25, 0.3) is 0 Å². The van der Waals surface area contributed by atoms with Crippen molar-refractivity contribution >= 4 is 27.5 Å². The van der Waals surface area contributed by atoms with Crippen molar-refractivity contribution in [2.45, 2.75) is 90.4 Å². The highest BCUT2D eigenvalue weighted by Crippen LogP contribution is 2.30. The van der Waals surface area contributed by atoms with Gasteiger partial charge in [0.05, 0.1) is 36.7 Å². The maximum absolute atomic E-state index is 14.2. The molecule has 3 rings (SSSR count). The number of aliphatic hydroxyl groups excluding tert-OH is 1. The van der Waals surface area contributed by atoms with Crippen molar-refractivity contribution in [3.63, 3.8) is 0 Å².